The van der Waals surface area contributed by atoms with Crippen LogP contribution in [0, 0.1) is 0 Å². The third-order valence-electron chi connectivity index (χ3n) is 5.93. The van der Waals surface area contributed by atoms with Gasteiger partial charge in [-0.15, -0.1) is 0 Å². The highest BCUT2D eigenvalue weighted by Crippen LogP contribution is 2.39. The van der Waals surface area contributed by atoms with E-state index in [1.54, 1.807) is 7.11 Å². The second kappa shape index (κ2) is 9.53. The van der Waals surface area contributed by atoms with Crippen LogP contribution in [0.5, 0.6) is 17.2 Å². The molecule has 0 aromatic heterocycles. The van der Waals surface area contributed by atoms with Crippen LogP contribution in [0.1, 0.15) is 45.2 Å². The highest BCUT2D eigenvalue weighted by atomic mass is 16.5. The molecule has 0 amide bonds. The van der Waals surface area contributed by atoms with Gasteiger partial charge in [0.1, 0.15) is 17.2 Å². The molecule has 3 aromatic rings. The first-order valence-electron chi connectivity index (χ1n) is 11.5. The molecule has 0 unspecified atom stereocenters. The van der Waals surface area contributed by atoms with Crippen LogP contribution in [0.25, 0.3) is 5.57 Å². The Morgan fingerprint density at radius 1 is 0.939 bits per heavy atom. The van der Waals surface area contributed by atoms with E-state index in [-0.39, 0.29) is 5.54 Å². The lowest BCUT2D eigenvalue weighted by atomic mass is 9.88. The lowest BCUT2D eigenvalue weighted by Gasteiger charge is -2.43. The van der Waals surface area contributed by atoms with E-state index in [9.17, 15) is 0 Å². The molecule has 1 aliphatic heterocycles. The van der Waals surface area contributed by atoms with Crippen molar-refractivity contribution in [1.29, 1.82) is 0 Å². The van der Waals surface area contributed by atoms with Gasteiger partial charge in [0.05, 0.1) is 18.3 Å². The van der Waals surface area contributed by atoms with Gasteiger partial charge in [-0.25, -0.2) is 0 Å². The number of anilines is 1. The minimum atomic E-state index is 0.0252. The Kier molecular flexibility index (Phi) is 6.55. The van der Waals surface area contributed by atoms with E-state index < -0.39 is 0 Å². The van der Waals surface area contributed by atoms with Gasteiger partial charge in [0, 0.05) is 30.1 Å². The third kappa shape index (κ3) is 5.11. The van der Waals surface area contributed by atoms with Gasteiger partial charge < -0.3 is 14.4 Å². The van der Waals surface area contributed by atoms with Crippen molar-refractivity contribution in [1.82, 2.24) is 0 Å². The maximum Gasteiger partial charge on any atom is 0.131 e. The summed E-state index contributed by atoms with van der Waals surface area (Å²) in [5, 5.41) is 0. The zero-order valence-corrected chi connectivity index (χ0v) is 20.1. The quantitative estimate of drug-likeness (QED) is 0.354. The van der Waals surface area contributed by atoms with E-state index in [1.165, 1.54) is 16.8 Å². The summed E-state index contributed by atoms with van der Waals surface area (Å²) in [6.07, 6.45) is 5.42. The number of nitrogens with zero attached hydrogens (tertiary/aromatic N) is 2. The molecular formula is C29H32N2O2. The van der Waals surface area contributed by atoms with Crippen LogP contribution in [0.2, 0.25) is 0 Å². The Morgan fingerprint density at radius 3 is 2.42 bits per heavy atom. The highest BCUT2D eigenvalue weighted by Gasteiger charge is 2.30. The van der Waals surface area contributed by atoms with Crippen LogP contribution in [0.15, 0.2) is 77.8 Å². The Labute approximate surface area is 197 Å². The van der Waals surface area contributed by atoms with Gasteiger partial charge in [-0.2, -0.15) is 0 Å². The van der Waals surface area contributed by atoms with Crippen LogP contribution in [-0.4, -0.2) is 25.4 Å². The first-order valence-corrected chi connectivity index (χ1v) is 11.5. The lowest BCUT2D eigenvalue weighted by Crippen LogP contribution is -2.45. The average molecular weight is 441 g/mol. The van der Waals surface area contributed by atoms with Gasteiger partial charge in [0.25, 0.3) is 0 Å². The van der Waals surface area contributed by atoms with Crippen molar-refractivity contribution in [2.45, 2.75) is 39.7 Å². The number of methoxy groups -OCH3 is 1. The summed E-state index contributed by atoms with van der Waals surface area (Å²) < 4.78 is 11.2. The normalized spacial score (nSPS) is 14.7. The molecule has 4 nitrogen and oxygen atoms in total. The molecule has 1 heterocycles. The monoisotopic (exact) mass is 440 g/mol. The molecule has 1 aliphatic rings. The molecule has 0 fully saturated rings. The molecule has 170 valence electrons. The maximum atomic E-state index is 5.92. The van der Waals surface area contributed by atoms with Gasteiger partial charge in [-0.3, -0.25) is 4.99 Å². The molecule has 0 atom stereocenters. The van der Waals surface area contributed by atoms with Crippen molar-refractivity contribution in [3.8, 4) is 17.2 Å². The molecule has 0 spiro atoms. The summed E-state index contributed by atoms with van der Waals surface area (Å²) in [5.41, 5.74) is 5.90. The van der Waals surface area contributed by atoms with Gasteiger partial charge in [0.15, 0.2) is 0 Å². The van der Waals surface area contributed by atoms with Crippen molar-refractivity contribution < 1.29 is 9.47 Å². The van der Waals surface area contributed by atoms with Crippen LogP contribution in [-0.2, 0) is 0 Å². The molecule has 0 N–H and O–H groups in total. The minimum Gasteiger partial charge on any atom is -0.497 e. The van der Waals surface area contributed by atoms with Crippen LogP contribution < -0.4 is 14.4 Å². The Balaban J connectivity index is 1.50. The summed E-state index contributed by atoms with van der Waals surface area (Å²) in [7, 11) is 1.65. The SMILES string of the molecule is CCCN1c2ccc(C=Nc3ccc(Oc4cccc(OC)c4)cc3)cc2C(C)=CC1(C)C. The van der Waals surface area contributed by atoms with E-state index in [2.05, 4.69) is 61.9 Å². The van der Waals surface area contributed by atoms with Crippen molar-refractivity contribution in [3.05, 3.63) is 83.9 Å². The molecule has 0 radical (unpaired) electrons. The number of rotatable bonds is 7. The predicted octanol–water partition coefficient (Wildman–Crippen LogP) is 7.65. The predicted molar refractivity (Wildman–Crippen MR) is 139 cm³/mol. The molecule has 4 rings (SSSR count). The standard InChI is InChI=1S/C29H32N2O2/c1-6-16-31-28-15-10-22(17-27(28)21(2)19-29(31,3)4)20-30-23-11-13-24(14-12-23)33-26-9-7-8-25(18-26)32-5/h7-15,17-20H,6,16H2,1-5H3. The summed E-state index contributed by atoms with van der Waals surface area (Å²) in [5.74, 6) is 2.27. The zero-order valence-electron chi connectivity index (χ0n) is 20.1. The number of hydrogen-bond donors (Lipinski definition) is 0. The molecule has 0 bridgehead atoms. The first-order chi connectivity index (χ1) is 15.9. The number of benzene rings is 3. The molecule has 0 saturated heterocycles. The number of hydrogen-bond acceptors (Lipinski definition) is 4. The summed E-state index contributed by atoms with van der Waals surface area (Å²) in [4.78, 5) is 7.17. The molecule has 3 aromatic carbocycles. The molecule has 0 aliphatic carbocycles. The van der Waals surface area contributed by atoms with Crippen LogP contribution in [0.3, 0.4) is 0 Å². The Hall–Kier alpha value is -3.53. The molecule has 33 heavy (non-hydrogen) atoms. The topological polar surface area (TPSA) is 34.1 Å². The van der Waals surface area contributed by atoms with Crippen molar-refractivity contribution in [2.24, 2.45) is 4.99 Å². The fourth-order valence-electron chi connectivity index (χ4n) is 4.36. The van der Waals surface area contributed by atoms with E-state index in [4.69, 9.17) is 9.47 Å². The van der Waals surface area contributed by atoms with Crippen molar-refractivity contribution in [3.63, 3.8) is 0 Å². The van der Waals surface area contributed by atoms with Crippen LogP contribution in [0.4, 0.5) is 11.4 Å². The van der Waals surface area contributed by atoms with Gasteiger partial charge in [-0.1, -0.05) is 25.1 Å². The second-order valence-corrected chi connectivity index (χ2v) is 8.94. The second-order valence-electron chi connectivity index (χ2n) is 8.94. The first kappa shape index (κ1) is 22.7. The average Bonchev–Trinajstić information content (AvgIpc) is 2.81. The third-order valence-corrected chi connectivity index (χ3v) is 5.93. The van der Waals surface area contributed by atoms with Gasteiger partial charge in [-0.05, 0) is 86.9 Å². The fraction of sp³-hybridized carbons (Fsp3) is 0.276. The Bertz CT molecular complexity index is 1180. The number of fused-ring (bicyclic) bond motifs is 1. The van der Waals surface area contributed by atoms with E-state index in [0.29, 0.717) is 0 Å². The Morgan fingerprint density at radius 2 is 1.70 bits per heavy atom. The van der Waals surface area contributed by atoms with E-state index >= 15 is 0 Å². The lowest BCUT2D eigenvalue weighted by molar-refractivity contribution is 0.409. The summed E-state index contributed by atoms with van der Waals surface area (Å²) >= 11 is 0. The largest absolute Gasteiger partial charge is 0.497 e. The summed E-state index contributed by atoms with van der Waals surface area (Å²) in [6.45, 7) is 10.0. The van der Waals surface area contributed by atoms with E-state index in [0.717, 1.165) is 41.5 Å². The zero-order chi connectivity index (χ0) is 23.4. The van der Waals surface area contributed by atoms with Gasteiger partial charge in [0.2, 0.25) is 0 Å². The number of ether oxygens (including phenoxy) is 2. The molecular weight excluding hydrogens is 408 g/mol. The minimum absolute atomic E-state index is 0.0252. The molecule has 0 saturated carbocycles. The summed E-state index contributed by atoms with van der Waals surface area (Å²) in [6, 6.07) is 22.0. The number of allylic oxidation sites excluding steroid dienone is 1. The van der Waals surface area contributed by atoms with Crippen molar-refractivity contribution in [2.75, 3.05) is 18.6 Å². The van der Waals surface area contributed by atoms with Gasteiger partial charge >= 0.3 is 0 Å². The number of aliphatic imine (C=N–C) groups is 1. The fourth-order valence-corrected chi connectivity index (χ4v) is 4.36. The van der Waals surface area contributed by atoms with Crippen LogP contribution >= 0.6 is 0 Å². The molecule has 4 heteroatoms. The van der Waals surface area contributed by atoms with E-state index in [1.807, 2.05) is 54.7 Å². The highest BCUT2D eigenvalue weighted by molar-refractivity contribution is 5.88. The maximum absolute atomic E-state index is 5.92. The van der Waals surface area contributed by atoms with Crippen molar-refractivity contribution >= 4 is 23.2 Å². The smallest absolute Gasteiger partial charge is 0.131 e.